The number of rotatable bonds is 50. The number of hydrogen-bond donors (Lipinski definition) is 0. The lowest BCUT2D eigenvalue weighted by atomic mass is 10.1. The monoisotopic (exact) mass is 933 g/mol. The summed E-state index contributed by atoms with van der Waals surface area (Å²) >= 11 is 0. The number of unbranched alkanes of at least 4 members (excludes halogenated alkanes) is 25. The van der Waals surface area contributed by atoms with Crippen molar-refractivity contribution in [3.05, 3.63) is 85.1 Å². The average molecular weight is 933 g/mol. The summed E-state index contributed by atoms with van der Waals surface area (Å²) in [6.07, 6.45) is 71.5. The van der Waals surface area contributed by atoms with E-state index in [4.69, 9.17) is 14.2 Å². The van der Waals surface area contributed by atoms with Crippen LogP contribution in [0.4, 0.5) is 0 Å². The Morgan fingerprint density at radius 1 is 0.313 bits per heavy atom. The molecule has 0 spiro atoms. The number of hydrogen-bond acceptors (Lipinski definition) is 6. The molecule has 0 rings (SSSR count). The molecule has 0 amide bonds. The third-order valence-corrected chi connectivity index (χ3v) is 11.9. The quantitative estimate of drug-likeness (QED) is 0.0262. The van der Waals surface area contributed by atoms with Crippen molar-refractivity contribution in [3.8, 4) is 0 Å². The van der Waals surface area contributed by atoms with Gasteiger partial charge >= 0.3 is 17.9 Å². The van der Waals surface area contributed by atoms with Gasteiger partial charge in [-0.15, -0.1) is 0 Å². The fourth-order valence-corrected chi connectivity index (χ4v) is 7.63. The van der Waals surface area contributed by atoms with Gasteiger partial charge in [0, 0.05) is 19.3 Å². The van der Waals surface area contributed by atoms with E-state index in [1.54, 1.807) is 0 Å². The first-order valence-corrected chi connectivity index (χ1v) is 28.1. The lowest BCUT2D eigenvalue weighted by molar-refractivity contribution is -0.167. The lowest BCUT2D eigenvalue weighted by Crippen LogP contribution is -2.30. The van der Waals surface area contributed by atoms with Gasteiger partial charge in [-0.2, -0.15) is 0 Å². The molecule has 384 valence electrons. The Morgan fingerprint density at radius 3 is 0.970 bits per heavy atom. The molecule has 1 unspecified atom stereocenters. The summed E-state index contributed by atoms with van der Waals surface area (Å²) in [6.45, 7) is 6.46. The first-order valence-electron chi connectivity index (χ1n) is 28.1. The molecule has 0 bridgehead atoms. The third-order valence-electron chi connectivity index (χ3n) is 11.9. The van der Waals surface area contributed by atoms with Gasteiger partial charge in [0.25, 0.3) is 0 Å². The van der Waals surface area contributed by atoms with Gasteiger partial charge in [-0.05, 0) is 116 Å². The number of ether oxygens (including phenoxy) is 3. The fraction of sp³-hybridized carbons (Fsp3) is 0.721. The highest BCUT2D eigenvalue weighted by atomic mass is 16.6. The van der Waals surface area contributed by atoms with E-state index < -0.39 is 6.10 Å². The molecule has 0 aromatic rings. The lowest BCUT2D eigenvalue weighted by Gasteiger charge is -2.18. The van der Waals surface area contributed by atoms with Gasteiger partial charge in [0.15, 0.2) is 6.10 Å². The Morgan fingerprint density at radius 2 is 0.582 bits per heavy atom. The van der Waals surface area contributed by atoms with Gasteiger partial charge < -0.3 is 14.2 Å². The molecule has 0 aliphatic rings. The number of carbonyl (C=O) groups excluding carboxylic acids is 3. The standard InChI is InChI=1S/C61H104O6/c1-4-7-10-13-16-19-22-25-27-28-29-30-31-32-34-36-39-42-45-48-51-54-60(63)66-57-58(56-65-59(62)53-50-47-44-41-38-35-24-21-18-15-12-9-6-3)67-61(64)55-52-49-46-43-40-37-33-26-23-20-17-14-11-8-5-2/h8,11,17,20-22,24-26,28-29,33,40,43,58H,4-7,9-10,12-16,18-19,23,27,30-32,34-39,41-42,44-57H2,1-3H3/b11-8-,20-17-,24-21-,25-22-,29-28-,33-26-,43-40-. The van der Waals surface area contributed by atoms with Crippen molar-refractivity contribution in [1.82, 2.24) is 0 Å². The molecule has 67 heavy (non-hydrogen) atoms. The van der Waals surface area contributed by atoms with Crippen molar-refractivity contribution >= 4 is 17.9 Å². The maximum atomic E-state index is 12.8. The molecule has 0 N–H and O–H groups in total. The molecular formula is C61H104O6. The van der Waals surface area contributed by atoms with Crippen LogP contribution in [0.1, 0.15) is 265 Å². The topological polar surface area (TPSA) is 78.9 Å². The van der Waals surface area contributed by atoms with Crippen molar-refractivity contribution in [2.45, 2.75) is 271 Å². The zero-order chi connectivity index (χ0) is 48.6. The predicted octanol–water partition coefficient (Wildman–Crippen LogP) is 18.8. The largest absolute Gasteiger partial charge is 0.462 e. The van der Waals surface area contributed by atoms with Crippen LogP contribution in [-0.2, 0) is 28.6 Å². The van der Waals surface area contributed by atoms with Crippen LogP contribution in [0.2, 0.25) is 0 Å². The zero-order valence-electron chi connectivity index (χ0n) is 43.9. The highest BCUT2D eigenvalue weighted by Crippen LogP contribution is 2.14. The molecule has 6 heteroatoms. The van der Waals surface area contributed by atoms with Crippen LogP contribution in [0.25, 0.3) is 0 Å². The van der Waals surface area contributed by atoms with E-state index in [0.717, 1.165) is 89.9 Å². The first-order chi connectivity index (χ1) is 33.0. The predicted molar refractivity (Wildman–Crippen MR) is 288 cm³/mol. The summed E-state index contributed by atoms with van der Waals surface area (Å²) in [5, 5.41) is 0. The molecule has 0 saturated heterocycles. The molecule has 0 aromatic heterocycles. The number of carbonyl (C=O) groups is 3. The molecule has 0 fully saturated rings. The summed E-state index contributed by atoms with van der Waals surface area (Å²) < 4.78 is 16.8. The molecule has 0 saturated carbocycles. The van der Waals surface area contributed by atoms with Gasteiger partial charge in [0.1, 0.15) is 13.2 Å². The second kappa shape index (κ2) is 55.2. The van der Waals surface area contributed by atoms with Gasteiger partial charge in [-0.3, -0.25) is 14.4 Å². The van der Waals surface area contributed by atoms with Crippen molar-refractivity contribution in [3.63, 3.8) is 0 Å². The van der Waals surface area contributed by atoms with Gasteiger partial charge in [0.2, 0.25) is 0 Å². The maximum absolute atomic E-state index is 12.8. The molecule has 0 aromatic carbocycles. The normalized spacial score (nSPS) is 12.7. The molecule has 0 aliphatic carbocycles. The smallest absolute Gasteiger partial charge is 0.306 e. The summed E-state index contributed by atoms with van der Waals surface area (Å²) in [4.78, 5) is 38.1. The third kappa shape index (κ3) is 53.4. The van der Waals surface area contributed by atoms with Crippen molar-refractivity contribution in [2.24, 2.45) is 0 Å². The van der Waals surface area contributed by atoms with E-state index in [0.29, 0.717) is 19.3 Å². The Balaban J connectivity index is 4.41. The van der Waals surface area contributed by atoms with Gasteiger partial charge in [-0.1, -0.05) is 215 Å². The Kier molecular flexibility index (Phi) is 52.4. The Hall–Kier alpha value is -3.41. The van der Waals surface area contributed by atoms with Crippen LogP contribution in [-0.4, -0.2) is 37.2 Å². The van der Waals surface area contributed by atoms with Crippen LogP contribution < -0.4 is 0 Å². The van der Waals surface area contributed by atoms with E-state index in [2.05, 4.69) is 106 Å². The van der Waals surface area contributed by atoms with E-state index >= 15 is 0 Å². The minimum Gasteiger partial charge on any atom is -0.462 e. The minimum atomic E-state index is -0.803. The van der Waals surface area contributed by atoms with Crippen molar-refractivity contribution < 1.29 is 28.6 Å². The van der Waals surface area contributed by atoms with E-state index in [-0.39, 0.29) is 37.5 Å². The zero-order valence-corrected chi connectivity index (χ0v) is 43.9. The average Bonchev–Trinajstić information content (AvgIpc) is 3.33. The van der Waals surface area contributed by atoms with Crippen molar-refractivity contribution in [2.75, 3.05) is 13.2 Å². The molecule has 0 heterocycles. The van der Waals surface area contributed by atoms with Crippen LogP contribution >= 0.6 is 0 Å². The van der Waals surface area contributed by atoms with Gasteiger partial charge in [-0.25, -0.2) is 0 Å². The van der Waals surface area contributed by atoms with Crippen LogP contribution in [0.5, 0.6) is 0 Å². The number of esters is 3. The molecule has 1 atom stereocenters. The molecule has 0 radical (unpaired) electrons. The highest BCUT2D eigenvalue weighted by Gasteiger charge is 2.19. The minimum absolute atomic E-state index is 0.0981. The summed E-state index contributed by atoms with van der Waals surface area (Å²) in [6, 6.07) is 0. The molecule has 0 aliphatic heterocycles. The van der Waals surface area contributed by atoms with Crippen molar-refractivity contribution in [1.29, 1.82) is 0 Å². The maximum Gasteiger partial charge on any atom is 0.306 e. The summed E-state index contributed by atoms with van der Waals surface area (Å²) in [5.41, 5.74) is 0. The Bertz CT molecular complexity index is 1300. The molecule has 6 nitrogen and oxygen atoms in total. The number of allylic oxidation sites excluding steroid dienone is 14. The van der Waals surface area contributed by atoms with Crippen LogP contribution in [0, 0.1) is 0 Å². The second-order valence-electron chi connectivity index (χ2n) is 18.5. The molecular weight excluding hydrogens is 829 g/mol. The second-order valence-corrected chi connectivity index (χ2v) is 18.5. The first kappa shape index (κ1) is 63.6. The van der Waals surface area contributed by atoms with Crippen LogP contribution in [0.15, 0.2) is 85.1 Å². The highest BCUT2D eigenvalue weighted by molar-refractivity contribution is 5.71. The van der Waals surface area contributed by atoms with E-state index in [9.17, 15) is 14.4 Å². The Labute approximate surface area is 414 Å². The fourth-order valence-electron chi connectivity index (χ4n) is 7.63. The summed E-state index contributed by atoms with van der Waals surface area (Å²) in [5.74, 6) is -0.950. The summed E-state index contributed by atoms with van der Waals surface area (Å²) in [7, 11) is 0. The van der Waals surface area contributed by atoms with Gasteiger partial charge in [0.05, 0.1) is 0 Å². The van der Waals surface area contributed by atoms with E-state index in [1.165, 1.54) is 128 Å². The van der Waals surface area contributed by atoms with Crippen LogP contribution in [0.3, 0.4) is 0 Å². The van der Waals surface area contributed by atoms with E-state index in [1.807, 2.05) is 0 Å². The SMILES string of the molecule is CC/C=C\C/C=C\C/C=C\C/C=C\CCCCC(=O)OC(COC(=O)CCCCCCC/C=C\CCCCCC)COC(=O)CCCCCCCCCCC/C=C\C/C=C\CCCCCCC.